The summed E-state index contributed by atoms with van der Waals surface area (Å²) in [7, 11) is 1.87. The van der Waals surface area contributed by atoms with Crippen molar-refractivity contribution in [1.82, 2.24) is 15.5 Å². The van der Waals surface area contributed by atoms with E-state index in [0.717, 1.165) is 37.9 Å². The average Bonchev–Trinajstić information content (AvgIpc) is 2.50. The highest BCUT2D eigenvalue weighted by atomic mass is 35.5. The summed E-state index contributed by atoms with van der Waals surface area (Å²) in [6, 6.07) is 6.46. The van der Waals surface area contributed by atoms with E-state index in [0.29, 0.717) is 13.1 Å². The van der Waals surface area contributed by atoms with Crippen LogP contribution in [-0.2, 0) is 11.3 Å². The molecule has 4 nitrogen and oxygen atoms in total. The van der Waals surface area contributed by atoms with E-state index in [9.17, 15) is 9.18 Å². The molecule has 0 aromatic heterocycles. The number of carbonyl (C=O) groups is 1. The van der Waals surface area contributed by atoms with Crippen LogP contribution in [0.3, 0.4) is 0 Å². The van der Waals surface area contributed by atoms with Gasteiger partial charge in [-0.2, -0.15) is 0 Å². The lowest BCUT2D eigenvalue weighted by Gasteiger charge is -2.34. The number of halogens is 2. The van der Waals surface area contributed by atoms with Gasteiger partial charge in [-0.05, 0) is 44.1 Å². The van der Waals surface area contributed by atoms with Gasteiger partial charge in [0, 0.05) is 19.6 Å². The summed E-state index contributed by atoms with van der Waals surface area (Å²) >= 11 is 0. The fourth-order valence-corrected chi connectivity index (χ4v) is 2.73. The van der Waals surface area contributed by atoms with Crippen LogP contribution >= 0.6 is 12.4 Å². The van der Waals surface area contributed by atoms with Crippen LogP contribution in [0.4, 0.5) is 4.39 Å². The van der Waals surface area contributed by atoms with Crippen molar-refractivity contribution in [3.8, 4) is 0 Å². The first-order valence-electron chi connectivity index (χ1n) is 7.61. The molecule has 1 aromatic carbocycles. The van der Waals surface area contributed by atoms with E-state index in [1.54, 1.807) is 12.1 Å². The molecule has 1 heterocycles. The smallest absolute Gasteiger partial charge is 0.237 e. The topological polar surface area (TPSA) is 44.4 Å². The number of amides is 1. The van der Waals surface area contributed by atoms with Crippen molar-refractivity contribution >= 4 is 18.3 Å². The second-order valence-corrected chi connectivity index (χ2v) is 5.50. The number of likely N-dealkylation sites (N-methyl/N-ethyl adjacent to an activating group) is 1. The molecule has 0 bridgehead atoms. The molecule has 1 fully saturated rings. The third-order valence-corrected chi connectivity index (χ3v) is 3.89. The molecule has 1 aromatic rings. The maximum Gasteiger partial charge on any atom is 0.237 e. The van der Waals surface area contributed by atoms with Crippen LogP contribution < -0.4 is 10.6 Å². The van der Waals surface area contributed by atoms with Gasteiger partial charge < -0.3 is 10.6 Å². The predicted molar refractivity (Wildman–Crippen MR) is 88.6 cm³/mol. The van der Waals surface area contributed by atoms with E-state index >= 15 is 0 Å². The first kappa shape index (κ1) is 18.9. The van der Waals surface area contributed by atoms with Gasteiger partial charge in [0.05, 0.1) is 6.04 Å². The van der Waals surface area contributed by atoms with Gasteiger partial charge in [0.1, 0.15) is 5.82 Å². The van der Waals surface area contributed by atoms with E-state index in [4.69, 9.17) is 0 Å². The summed E-state index contributed by atoms with van der Waals surface area (Å²) in [4.78, 5) is 14.5. The Labute approximate surface area is 137 Å². The molecule has 0 radical (unpaired) electrons. The molecule has 124 valence electrons. The maximum absolute atomic E-state index is 13.0. The number of hydrogen-bond acceptors (Lipinski definition) is 3. The largest absolute Gasteiger partial charge is 0.353 e. The van der Waals surface area contributed by atoms with E-state index < -0.39 is 0 Å². The monoisotopic (exact) mass is 329 g/mol. The minimum Gasteiger partial charge on any atom is -0.353 e. The number of likely N-dealkylation sites (tertiary alicyclic amines) is 1. The average molecular weight is 330 g/mol. The summed E-state index contributed by atoms with van der Waals surface area (Å²) in [6.07, 6.45) is 3.10. The van der Waals surface area contributed by atoms with E-state index in [2.05, 4.69) is 15.5 Å². The third-order valence-electron chi connectivity index (χ3n) is 3.89. The Morgan fingerprint density at radius 1 is 1.27 bits per heavy atom. The molecule has 1 atom stereocenters. The fraction of sp³-hybridized carbons (Fsp3) is 0.562. The zero-order chi connectivity index (χ0) is 15.1. The molecule has 1 unspecified atom stereocenters. The van der Waals surface area contributed by atoms with Gasteiger partial charge >= 0.3 is 0 Å². The summed E-state index contributed by atoms with van der Waals surface area (Å²) in [5.74, 6) is -0.120. The van der Waals surface area contributed by atoms with Crippen molar-refractivity contribution < 1.29 is 9.18 Å². The quantitative estimate of drug-likeness (QED) is 0.784. The third kappa shape index (κ3) is 5.55. The Balaban J connectivity index is 0.00000242. The first-order valence-corrected chi connectivity index (χ1v) is 7.61. The summed E-state index contributed by atoms with van der Waals surface area (Å²) in [5, 5.41) is 5.99. The van der Waals surface area contributed by atoms with Crippen LogP contribution in [0.25, 0.3) is 0 Å². The predicted octanol–water partition coefficient (Wildman–Crippen LogP) is 1.94. The van der Waals surface area contributed by atoms with Gasteiger partial charge in [-0.25, -0.2) is 4.39 Å². The van der Waals surface area contributed by atoms with Crippen molar-refractivity contribution in [2.24, 2.45) is 0 Å². The Bertz CT molecular complexity index is 455. The van der Waals surface area contributed by atoms with Gasteiger partial charge in [0.2, 0.25) is 5.91 Å². The Hall–Kier alpha value is -1.17. The summed E-state index contributed by atoms with van der Waals surface area (Å²) < 4.78 is 13.0. The lowest BCUT2D eigenvalue weighted by Crippen LogP contribution is -2.49. The lowest BCUT2D eigenvalue weighted by atomic mass is 10.0. The van der Waals surface area contributed by atoms with Crippen LogP contribution in [0.5, 0.6) is 0 Å². The lowest BCUT2D eigenvalue weighted by molar-refractivity contribution is -0.127. The number of hydrogen-bond donors (Lipinski definition) is 2. The van der Waals surface area contributed by atoms with Gasteiger partial charge in [0.15, 0.2) is 0 Å². The second-order valence-electron chi connectivity index (χ2n) is 5.50. The SMILES string of the molecule is CNCCNC(=O)C1CCCCN1Cc1ccc(F)cc1.Cl. The van der Waals surface area contributed by atoms with Crippen LogP contribution in [0.15, 0.2) is 24.3 Å². The molecular formula is C16H25ClFN3O. The Morgan fingerprint density at radius 3 is 2.68 bits per heavy atom. The van der Waals surface area contributed by atoms with Crippen LogP contribution in [0.1, 0.15) is 24.8 Å². The van der Waals surface area contributed by atoms with Crippen molar-refractivity contribution in [3.63, 3.8) is 0 Å². The van der Waals surface area contributed by atoms with Gasteiger partial charge in [-0.15, -0.1) is 12.4 Å². The molecular weight excluding hydrogens is 305 g/mol. The molecule has 0 spiro atoms. The summed E-state index contributed by atoms with van der Waals surface area (Å²) in [6.45, 7) is 3.04. The van der Waals surface area contributed by atoms with Crippen LogP contribution in [0.2, 0.25) is 0 Å². The summed E-state index contributed by atoms with van der Waals surface area (Å²) in [5.41, 5.74) is 1.05. The molecule has 1 aliphatic heterocycles. The van der Waals surface area contributed by atoms with Gasteiger partial charge in [-0.3, -0.25) is 9.69 Å². The highest BCUT2D eigenvalue weighted by Crippen LogP contribution is 2.20. The molecule has 1 amide bonds. The normalized spacial score (nSPS) is 18.5. The molecule has 6 heteroatoms. The van der Waals surface area contributed by atoms with Crippen molar-refractivity contribution in [3.05, 3.63) is 35.6 Å². The standard InChI is InChI=1S/C16H24FN3O.ClH/c1-18-9-10-19-16(21)15-4-2-3-11-20(15)12-13-5-7-14(17)8-6-13;/h5-8,15,18H,2-4,9-12H2,1H3,(H,19,21);1H. The van der Waals surface area contributed by atoms with Crippen molar-refractivity contribution in [2.75, 3.05) is 26.7 Å². The molecule has 1 saturated heterocycles. The molecule has 2 N–H and O–H groups in total. The van der Waals surface area contributed by atoms with E-state index in [-0.39, 0.29) is 30.2 Å². The number of nitrogens with zero attached hydrogens (tertiary/aromatic N) is 1. The number of rotatable bonds is 6. The molecule has 0 saturated carbocycles. The zero-order valence-electron chi connectivity index (χ0n) is 13.0. The molecule has 2 rings (SSSR count). The number of nitrogens with one attached hydrogen (secondary N) is 2. The second kappa shape index (κ2) is 9.77. The number of carbonyl (C=O) groups excluding carboxylic acids is 1. The molecule has 0 aliphatic carbocycles. The fourth-order valence-electron chi connectivity index (χ4n) is 2.73. The zero-order valence-corrected chi connectivity index (χ0v) is 13.8. The van der Waals surface area contributed by atoms with Crippen LogP contribution in [0, 0.1) is 5.82 Å². The van der Waals surface area contributed by atoms with Crippen LogP contribution in [-0.4, -0.2) is 43.5 Å². The molecule has 22 heavy (non-hydrogen) atoms. The first-order chi connectivity index (χ1) is 10.2. The Morgan fingerprint density at radius 2 is 2.00 bits per heavy atom. The molecule has 1 aliphatic rings. The van der Waals surface area contributed by atoms with Crippen molar-refractivity contribution in [1.29, 1.82) is 0 Å². The minimum atomic E-state index is -0.223. The Kier molecular flexibility index (Phi) is 8.38. The minimum absolute atomic E-state index is 0. The van der Waals surface area contributed by atoms with Crippen molar-refractivity contribution in [2.45, 2.75) is 31.8 Å². The highest BCUT2D eigenvalue weighted by molar-refractivity contribution is 5.85. The van der Waals surface area contributed by atoms with Gasteiger partial charge in [-0.1, -0.05) is 18.6 Å². The number of piperidine rings is 1. The number of benzene rings is 1. The highest BCUT2D eigenvalue weighted by Gasteiger charge is 2.28. The maximum atomic E-state index is 13.0. The van der Waals surface area contributed by atoms with E-state index in [1.165, 1.54) is 12.1 Å². The van der Waals surface area contributed by atoms with E-state index in [1.807, 2.05) is 7.05 Å². The van der Waals surface area contributed by atoms with Gasteiger partial charge in [0.25, 0.3) is 0 Å².